The molecule has 0 saturated carbocycles. The van der Waals surface area contributed by atoms with Crippen molar-refractivity contribution in [2.75, 3.05) is 17.7 Å². The van der Waals surface area contributed by atoms with E-state index < -0.39 is 11.9 Å². The smallest absolute Gasteiger partial charge is 0.351 e. The zero-order valence-electron chi connectivity index (χ0n) is 22.3. The van der Waals surface area contributed by atoms with E-state index in [0.717, 1.165) is 38.5 Å². The molecule has 2 N–H and O–H groups in total. The Morgan fingerprint density at radius 3 is 2.05 bits per heavy atom. The van der Waals surface area contributed by atoms with Gasteiger partial charge in [-0.15, -0.1) is 11.8 Å². The predicted molar refractivity (Wildman–Crippen MR) is 158 cm³/mol. The lowest BCUT2D eigenvalue weighted by molar-refractivity contribution is -0.116. The molecule has 2 rings (SSSR count). The first-order chi connectivity index (χ1) is 18.6. The molecular formula is C30H41N3O4S. The van der Waals surface area contributed by atoms with Gasteiger partial charge >= 0.3 is 5.69 Å². The third-order valence-electron chi connectivity index (χ3n) is 5.42. The summed E-state index contributed by atoms with van der Waals surface area (Å²) in [7, 11) is 0. The molecule has 206 valence electrons. The van der Waals surface area contributed by atoms with Gasteiger partial charge in [0.1, 0.15) is 17.5 Å². The fraction of sp³-hybridized carbons (Fsp3) is 0.433. The molecule has 2 heterocycles. The molecule has 38 heavy (non-hydrogen) atoms. The van der Waals surface area contributed by atoms with Gasteiger partial charge in [0.05, 0.1) is 6.61 Å². The molecule has 1 aromatic rings. The van der Waals surface area contributed by atoms with E-state index in [1.807, 2.05) is 12.2 Å². The van der Waals surface area contributed by atoms with Gasteiger partial charge in [-0.05, 0) is 51.0 Å². The monoisotopic (exact) mass is 539 g/mol. The molecule has 0 spiro atoms. The number of carbonyl (C=O) groups is 1. The summed E-state index contributed by atoms with van der Waals surface area (Å²) in [6, 6.07) is 1.58. The number of amides is 1. The lowest BCUT2D eigenvalue weighted by Crippen LogP contribution is -2.29. The Kier molecular flexibility index (Phi) is 16.5. The number of aromatic nitrogens is 2. The summed E-state index contributed by atoms with van der Waals surface area (Å²) < 4.78 is 6.94. The highest BCUT2D eigenvalue weighted by atomic mass is 32.2. The highest BCUT2D eigenvalue weighted by Gasteiger charge is 2.27. The van der Waals surface area contributed by atoms with Crippen LogP contribution in [0.15, 0.2) is 90.0 Å². The second kappa shape index (κ2) is 20.1. The van der Waals surface area contributed by atoms with E-state index in [1.165, 1.54) is 16.3 Å². The first-order valence-corrected chi connectivity index (χ1v) is 14.4. The zero-order valence-corrected chi connectivity index (χ0v) is 23.1. The largest absolute Gasteiger partial charge is 0.393 e. The normalized spacial score (nSPS) is 18.5. The van der Waals surface area contributed by atoms with Crippen molar-refractivity contribution >= 4 is 23.5 Å². The van der Waals surface area contributed by atoms with Crippen molar-refractivity contribution in [3.8, 4) is 0 Å². The third kappa shape index (κ3) is 13.6. The Balaban J connectivity index is 1.53. The molecule has 1 aliphatic rings. The maximum atomic E-state index is 12.3. The van der Waals surface area contributed by atoms with Crippen molar-refractivity contribution in [2.24, 2.45) is 0 Å². The Hall–Kier alpha value is -2.94. The van der Waals surface area contributed by atoms with Gasteiger partial charge in [-0.1, -0.05) is 79.8 Å². The summed E-state index contributed by atoms with van der Waals surface area (Å²) >= 11 is 1.45. The van der Waals surface area contributed by atoms with E-state index in [-0.39, 0.29) is 23.8 Å². The van der Waals surface area contributed by atoms with Gasteiger partial charge in [-0.2, -0.15) is 4.98 Å². The average Bonchev–Trinajstić information content (AvgIpc) is 3.39. The number of nitrogens with one attached hydrogen (secondary N) is 1. The average molecular weight is 540 g/mol. The van der Waals surface area contributed by atoms with Crippen molar-refractivity contribution in [1.82, 2.24) is 9.55 Å². The first-order valence-electron chi connectivity index (χ1n) is 13.3. The van der Waals surface area contributed by atoms with Crippen LogP contribution in [-0.4, -0.2) is 38.4 Å². The number of aliphatic hydroxyl groups is 1. The molecule has 2 atom stereocenters. The SMILES string of the molecule is CCC=CCC=CCC=CCC=CCC=CCC=CCCC(=O)Nc1ccn(C2CS[C@H](CO)O2)c(=O)n1. The fourth-order valence-corrected chi connectivity index (χ4v) is 4.38. The minimum atomic E-state index is -0.496. The molecule has 1 aliphatic heterocycles. The number of hydrogen-bond acceptors (Lipinski definition) is 6. The van der Waals surface area contributed by atoms with E-state index in [2.05, 4.69) is 78.0 Å². The van der Waals surface area contributed by atoms with Crippen LogP contribution in [0.25, 0.3) is 0 Å². The highest BCUT2D eigenvalue weighted by molar-refractivity contribution is 8.00. The lowest BCUT2D eigenvalue weighted by Gasteiger charge is -2.14. The number of hydrogen-bond donors (Lipinski definition) is 2. The molecule has 1 aromatic heterocycles. The van der Waals surface area contributed by atoms with Crippen molar-refractivity contribution in [3.63, 3.8) is 0 Å². The molecule has 0 aromatic carbocycles. The second-order valence-electron chi connectivity index (χ2n) is 8.54. The fourth-order valence-electron chi connectivity index (χ4n) is 3.45. The van der Waals surface area contributed by atoms with E-state index in [4.69, 9.17) is 9.84 Å². The number of ether oxygens (including phenoxy) is 1. The molecule has 1 saturated heterocycles. The molecule has 8 heteroatoms. The topological polar surface area (TPSA) is 93.5 Å². The van der Waals surface area contributed by atoms with Crippen LogP contribution in [0, 0.1) is 0 Å². The standard InChI is InChI=1S/C30H41N3O4S/c1-2-3-4-5-6-7-8-9-10-11-12-13-14-15-16-17-18-19-20-21-27(35)31-26-22-23-33(30(36)32-26)28-25-38-29(24-34)37-28/h3-4,6-7,9-10,12-13,15-16,18-19,22-23,28-29,34H,2,5,8,11,14,17,20-21,24-25H2,1H3,(H,31,32,35,36)/t28?,29-/m1/s1. The second-order valence-corrected chi connectivity index (χ2v) is 9.73. The van der Waals surface area contributed by atoms with Crippen molar-refractivity contribution in [1.29, 1.82) is 0 Å². The quantitative estimate of drug-likeness (QED) is 0.228. The van der Waals surface area contributed by atoms with Crippen molar-refractivity contribution in [3.05, 3.63) is 95.7 Å². The van der Waals surface area contributed by atoms with Gasteiger partial charge in [0.25, 0.3) is 0 Å². The minimum absolute atomic E-state index is 0.103. The molecule has 1 unspecified atom stereocenters. The number of nitrogens with zero attached hydrogens (tertiary/aromatic N) is 2. The molecule has 0 bridgehead atoms. The van der Waals surface area contributed by atoms with Gasteiger partial charge in [0, 0.05) is 18.4 Å². The Morgan fingerprint density at radius 1 is 1.00 bits per heavy atom. The van der Waals surface area contributed by atoms with Gasteiger partial charge in [0.2, 0.25) is 5.91 Å². The van der Waals surface area contributed by atoms with Crippen molar-refractivity contribution < 1.29 is 14.6 Å². The molecular weight excluding hydrogens is 498 g/mol. The van der Waals surface area contributed by atoms with Gasteiger partial charge < -0.3 is 15.2 Å². The van der Waals surface area contributed by atoms with Crippen LogP contribution in [-0.2, 0) is 9.53 Å². The van der Waals surface area contributed by atoms with Crippen LogP contribution in [0.5, 0.6) is 0 Å². The summed E-state index contributed by atoms with van der Waals surface area (Å²) in [5, 5.41) is 11.8. The Bertz CT molecular complexity index is 1060. The molecule has 1 amide bonds. The third-order valence-corrected chi connectivity index (χ3v) is 6.53. The molecule has 1 fully saturated rings. The van der Waals surface area contributed by atoms with Crippen LogP contribution in [0.3, 0.4) is 0 Å². The van der Waals surface area contributed by atoms with Crippen LogP contribution < -0.4 is 11.0 Å². The van der Waals surface area contributed by atoms with Crippen LogP contribution >= 0.6 is 11.8 Å². The maximum absolute atomic E-state index is 12.3. The van der Waals surface area contributed by atoms with Crippen molar-refractivity contribution in [2.45, 2.75) is 70.0 Å². The number of rotatable bonds is 17. The van der Waals surface area contributed by atoms with E-state index in [0.29, 0.717) is 18.6 Å². The molecule has 0 aliphatic carbocycles. The lowest BCUT2D eigenvalue weighted by atomic mass is 10.2. The minimum Gasteiger partial charge on any atom is -0.393 e. The van der Waals surface area contributed by atoms with Gasteiger partial charge in [-0.25, -0.2) is 4.79 Å². The van der Waals surface area contributed by atoms with Crippen LogP contribution in [0.4, 0.5) is 5.82 Å². The first kappa shape index (κ1) is 31.3. The molecule has 0 radical (unpaired) electrons. The number of aliphatic hydroxyl groups excluding tert-OH is 1. The summed E-state index contributed by atoms with van der Waals surface area (Å²) in [4.78, 5) is 28.3. The summed E-state index contributed by atoms with van der Waals surface area (Å²) in [5.74, 6) is 0.593. The summed E-state index contributed by atoms with van der Waals surface area (Å²) in [6.07, 6.45) is 33.6. The van der Waals surface area contributed by atoms with E-state index in [1.54, 1.807) is 12.3 Å². The number of anilines is 1. The van der Waals surface area contributed by atoms with E-state index in [9.17, 15) is 9.59 Å². The van der Waals surface area contributed by atoms with Crippen LogP contribution in [0.1, 0.15) is 64.5 Å². The van der Waals surface area contributed by atoms with Gasteiger partial charge in [0.15, 0.2) is 0 Å². The Morgan fingerprint density at radius 2 is 1.55 bits per heavy atom. The maximum Gasteiger partial charge on any atom is 0.351 e. The summed E-state index contributed by atoms with van der Waals surface area (Å²) in [5.41, 5.74) is -0.829. The van der Waals surface area contributed by atoms with E-state index >= 15 is 0 Å². The number of allylic oxidation sites excluding steroid dienone is 12. The van der Waals surface area contributed by atoms with Crippen LogP contribution in [0.2, 0.25) is 0 Å². The number of carbonyl (C=O) groups excluding carboxylic acids is 1. The molecule has 7 nitrogen and oxygen atoms in total. The van der Waals surface area contributed by atoms with Gasteiger partial charge in [-0.3, -0.25) is 9.36 Å². The Labute approximate surface area is 230 Å². The summed E-state index contributed by atoms with van der Waals surface area (Å²) in [6.45, 7) is 2.04. The zero-order chi connectivity index (χ0) is 27.3. The predicted octanol–water partition coefficient (Wildman–Crippen LogP) is 6.24. The highest BCUT2D eigenvalue weighted by Crippen LogP contribution is 2.30. The number of thioether (sulfide) groups is 1.